The second kappa shape index (κ2) is 3.93. The molecule has 2 aromatic rings. The van der Waals surface area contributed by atoms with Crippen molar-refractivity contribution < 1.29 is 0 Å². The van der Waals surface area contributed by atoms with Crippen molar-refractivity contribution in [3.8, 4) is 0 Å². The zero-order valence-corrected chi connectivity index (χ0v) is 9.10. The van der Waals surface area contributed by atoms with E-state index in [9.17, 15) is 0 Å². The maximum Gasteiger partial charge on any atom is 0.180 e. The molecule has 14 heavy (non-hydrogen) atoms. The van der Waals surface area contributed by atoms with Gasteiger partial charge >= 0.3 is 0 Å². The number of anilines is 1. The number of rotatable bonds is 2. The molecule has 2 rings (SSSR count). The smallest absolute Gasteiger partial charge is 0.180 e. The molecule has 0 aliphatic rings. The minimum atomic E-state index is 0.684. The van der Waals surface area contributed by atoms with Crippen molar-refractivity contribution >= 4 is 28.8 Å². The Morgan fingerprint density at radius 2 is 2.36 bits per heavy atom. The predicted octanol–water partition coefficient (Wildman–Crippen LogP) is 1.97. The van der Waals surface area contributed by atoms with Crippen molar-refractivity contribution in [2.75, 3.05) is 5.73 Å². The Balaban J connectivity index is 2.25. The van der Waals surface area contributed by atoms with E-state index in [1.807, 2.05) is 13.0 Å². The van der Waals surface area contributed by atoms with Crippen molar-refractivity contribution in [3.63, 3.8) is 0 Å². The average molecular weight is 224 g/mol. The molecule has 0 saturated carbocycles. The monoisotopic (exact) mass is 224 g/mol. The van der Waals surface area contributed by atoms with E-state index < -0.39 is 0 Å². The van der Waals surface area contributed by atoms with Crippen LogP contribution in [0.2, 0.25) is 0 Å². The highest BCUT2D eigenvalue weighted by molar-refractivity contribution is 8.01. The molecule has 72 valence electrons. The second-order valence-corrected chi connectivity index (χ2v) is 4.77. The summed E-state index contributed by atoms with van der Waals surface area (Å²) in [6.07, 6.45) is 1.65. The minimum Gasteiger partial charge on any atom is -0.397 e. The lowest BCUT2D eigenvalue weighted by Crippen LogP contribution is -1.90. The lowest BCUT2D eigenvalue weighted by Gasteiger charge is -2.01. The topological polar surface area (TPSA) is 64.7 Å². The molecule has 0 bridgehead atoms. The van der Waals surface area contributed by atoms with Crippen molar-refractivity contribution in [2.24, 2.45) is 0 Å². The first-order chi connectivity index (χ1) is 6.75. The molecule has 4 nitrogen and oxygen atoms in total. The molecule has 6 heteroatoms. The van der Waals surface area contributed by atoms with Crippen molar-refractivity contribution in [1.82, 2.24) is 15.2 Å². The fourth-order valence-electron chi connectivity index (χ4n) is 0.981. The number of hydrogen-bond acceptors (Lipinski definition) is 6. The van der Waals surface area contributed by atoms with Gasteiger partial charge in [-0.3, -0.25) is 0 Å². The summed E-state index contributed by atoms with van der Waals surface area (Å²) in [5, 5.41) is 8.62. The standard InChI is InChI=1S/C8H8N4S2/c1-5-2-6(9)3-10-7(5)14-8-12-11-4-13-8/h2-4H,9H2,1H3. The Hall–Kier alpha value is -1.14. The Kier molecular flexibility index (Phi) is 2.64. The van der Waals surface area contributed by atoms with Crippen LogP contribution >= 0.6 is 23.1 Å². The van der Waals surface area contributed by atoms with Gasteiger partial charge in [0.15, 0.2) is 4.34 Å². The molecule has 0 unspecified atom stereocenters. The molecule has 0 saturated heterocycles. The predicted molar refractivity (Wildman–Crippen MR) is 57.4 cm³/mol. The van der Waals surface area contributed by atoms with Crippen LogP contribution in [-0.4, -0.2) is 15.2 Å². The van der Waals surface area contributed by atoms with Gasteiger partial charge in [-0.1, -0.05) is 11.3 Å². The minimum absolute atomic E-state index is 0.684. The van der Waals surface area contributed by atoms with Gasteiger partial charge in [-0.15, -0.1) is 10.2 Å². The quantitative estimate of drug-likeness (QED) is 0.845. The van der Waals surface area contributed by atoms with Gasteiger partial charge < -0.3 is 5.73 Å². The summed E-state index contributed by atoms with van der Waals surface area (Å²) >= 11 is 3.01. The van der Waals surface area contributed by atoms with Crippen molar-refractivity contribution in [3.05, 3.63) is 23.3 Å². The summed E-state index contributed by atoms with van der Waals surface area (Å²) in [7, 11) is 0. The van der Waals surface area contributed by atoms with Crippen LogP contribution in [0.1, 0.15) is 5.56 Å². The van der Waals surface area contributed by atoms with E-state index in [-0.39, 0.29) is 0 Å². The SMILES string of the molecule is Cc1cc(N)cnc1Sc1nncs1. The summed E-state index contributed by atoms with van der Waals surface area (Å²) in [5.74, 6) is 0. The Morgan fingerprint density at radius 1 is 1.50 bits per heavy atom. The maximum absolute atomic E-state index is 5.60. The first-order valence-electron chi connectivity index (χ1n) is 3.92. The van der Waals surface area contributed by atoms with E-state index in [0.717, 1.165) is 14.9 Å². The van der Waals surface area contributed by atoms with Gasteiger partial charge in [0.2, 0.25) is 0 Å². The number of pyridine rings is 1. The zero-order chi connectivity index (χ0) is 9.97. The Morgan fingerprint density at radius 3 is 3.00 bits per heavy atom. The molecule has 0 spiro atoms. The van der Waals surface area contributed by atoms with Crippen LogP contribution in [-0.2, 0) is 0 Å². The highest BCUT2D eigenvalue weighted by Crippen LogP contribution is 2.29. The first kappa shape index (κ1) is 9.42. The van der Waals surface area contributed by atoms with Crippen LogP contribution < -0.4 is 5.73 Å². The van der Waals surface area contributed by atoms with Gasteiger partial charge in [0.1, 0.15) is 10.5 Å². The number of nitrogen functional groups attached to an aromatic ring is 1. The zero-order valence-electron chi connectivity index (χ0n) is 7.47. The second-order valence-electron chi connectivity index (χ2n) is 2.70. The molecule has 0 atom stereocenters. The average Bonchev–Trinajstić information content (AvgIpc) is 2.62. The molecule has 2 heterocycles. The molecule has 0 radical (unpaired) electrons. The van der Waals surface area contributed by atoms with E-state index in [1.165, 1.54) is 23.1 Å². The fraction of sp³-hybridized carbons (Fsp3) is 0.125. The molecule has 2 aromatic heterocycles. The highest BCUT2D eigenvalue weighted by Gasteiger charge is 2.05. The van der Waals surface area contributed by atoms with E-state index in [2.05, 4.69) is 15.2 Å². The summed E-state index contributed by atoms with van der Waals surface area (Å²) in [4.78, 5) is 4.23. The van der Waals surface area contributed by atoms with E-state index >= 15 is 0 Å². The van der Waals surface area contributed by atoms with Crippen LogP contribution in [0.5, 0.6) is 0 Å². The van der Waals surface area contributed by atoms with Gasteiger partial charge in [0, 0.05) is 0 Å². The maximum atomic E-state index is 5.60. The Labute approximate surface area is 89.6 Å². The summed E-state index contributed by atoms with van der Waals surface area (Å²) in [5.41, 5.74) is 9.05. The molecule has 0 fully saturated rings. The summed E-state index contributed by atoms with van der Waals surface area (Å²) in [6, 6.07) is 1.90. The van der Waals surface area contributed by atoms with Gasteiger partial charge in [-0.2, -0.15) is 0 Å². The van der Waals surface area contributed by atoms with Gasteiger partial charge in [-0.05, 0) is 30.3 Å². The number of nitrogens with two attached hydrogens (primary N) is 1. The van der Waals surface area contributed by atoms with E-state index in [4.69, 9.17) is 5.73 Å². The van der Waals surface area contributed by atoms with Gasteiger partial charge in [0.05, 0.1) is 11.9 Å². The van der Waals surface area contributed by atoms with E-state index in [0.29, 0.717) is 5.69 Å². The number of aryl methyl sites for hydroxylation is 1. The normalized spacial score (nSPS) is 10.4. The molecular formula is C8H8N4S2. The fourth-order valence-corrected chi connectivity index (χ4v) is 2.40. The van der Waals surface area contributed by atoms with Crippen LogP contribution in [0, 0.1) is 6.92 Å². The highest BCUT2D eigenvalue weighted by atomic mass is 32.2. The van der Waals surface area contributed by atoms with Crippen LogP contribution in [0.3, 0.4) is 0 Å². The summed E-state index contributed by atoms with van der Waals surface area (Å²) < 4.78 is 0.894. The first-order valence-corrected chi connectivity index (χ1v) is 5.61. The van der Waals surface area contributed by atoms with Crippen molar-refractivity contribution in [1.29, 1.82) is 0 Å². The van der Waals surface area contributed by atoms with Gasteiger partial charge in [0.25, 0.3) is 0 Å². The lowest BCUT2D eigenvalue weighted by atomic mass is 10.3. The van der Waals surface area contributed by atoms with Crippen LogP contribution in [0.25, 0.3) is 0 Å². The number of hydrogen-bond donors (Lipinski definition) is 1. The van der Waals surface area contributed by atoms with Crippen LogP contribution in [0.15, 0.2) is 27.1 Å². The van der Waals surface area contributed by atoms with Gasteiger partial charge in [-0.25, -0.2) is 4.98 Å². The Bertz CT molecular complexity index is 427. The molecule has 0 amide bonds. The van der Waals surface area contributed by atoms with Crippen LogP contribution in [0.4, 0.5) is 5.69 Å². The number of aromatic nitrogens is 3. The molecule has 2 N–H and O–H groups in total. The number of nitrogens with zero attached hydrogens (tertiary/aromatic N) is 3. The third-order valence-corrected chi connectivity index (χ3v) is 3.47. The molecular weight excluding hydrogens is 216 g/mol. The van der Waals surface area contributed by atoms with E-state index in [1.54, 1.807) is 11.7 Å². The third kappa shape index (κ3) is 2.02. The van der Waals surface area contributed by atoms with Crippen molar-refractivity contribution in [2.45, 2.75) is 16.3 Å². The molecule has 0 aliphatic carbocycles. The molecule has 0 aromatic carbocycles. The lowest BCUT2D eigenvalue weighted by molar-refractivity contribution is 1.00. The molecule has 0 aliphatic heterocycles. The third-order valence-electron chi connectivity index (χ3n) is 1.58. The largest absolute Gasteiger partial charge is 0.397 e. The summed E-state index contributed by atoms with van der Waals surface area (Å²) in [6.45, 7) is 1.98.